The zero-order chi connectivity index (χ0) is 15.2. The predicted molar refractivity (Wildman–Crippen MR) is 79.1 cm³/mol. The van der Waals surface area contributed by atoms with Gasteiger partial charge in [-0.3, -0.25) is 9.78 Å². The molecule has 1 aromatic heterocycles. The number of nitrogens with zero attached hydrogens (tertiary/aromatic N) is 1. The number of esters is 2. The minimum Gasteiger partial charge on any atom is -0.469 e. The highest BCUT2D eigenvalue weighted by Crippen LogP contribution is 2.16. The quantitative estimate of drug-likeness (QED) is 0.627. The molecule has 2 aromatic rings. The molecule has 0 aliphatic rings. The molecule has 1 heterocycles. The molecule has 0 atom stereocenters. The van der Waals surface area contributed by atoms with E-state index >= 15 is 0 Å². The van der Waals surface area contributed by atoms with E-state index in [-0.39, 0.29) is 12.4 Å². The Morgan fingerprint density at radius 3 is 2.52 bits per heavy atom. The van der Waals surface area contributed by atoms with Gasteiger partial charge in [0.25, 0.3) is 0 Å². The minimum absolute atomic E-state index is 0.181. The van der Waals surface area contributed by atoms with E-state index < -0.39 is 5.97 Å². The van der Waals surface area contributed by atoms with E-state index in [0.29, 0.717) is 15.8 Å². The van der Waals surface area contributed by atoms with Crippen LogP contribution in [0.4, 0.5) is 0 Å². The summed E-state index contributed by atoms with van der Waals surface area (Å²) in [4.78, 5) is 27.0. The van der Waals surface area contributed by atoms with Crippen LogP contribution >= 0.6 is 15.9 Å². The number of rotatable bonds is 4. The zero-order valence-electron chi connectivity index (χ0n) is 11.2. The molecule has 2 rings (SSSR count). The van der Waals surface area contributed by atoms with Crippen molar-refractivity contribution in [2.75, 3.05) is 7.11 Å². The van der Waals surface area contributed by atoms with E-state index in [1.807, 2.05) is 0 Å². The molecule has 0 fully saturated rings. The Morgan fingerprint density at radius 2 is 1.90 bits per heavy atom. The number of pyridine rings is 1. The number of halogens is 1. The predicted octanol–water partition coefficient (Wildman–Crippen LogP) is 2.78. The fraction of sp³-hybridized carbons (Fsp3) is 0.133. The SMILES string of the molecule is COC(=O)Cc1ccc(OC(=O)c2cncc(Br)c2)cc1. The lowest BCUT2D eigenvalue weighted by Gasteiger charge is -2.05. The van der Waals surface area contributed by atoms with Crippen LogP contribution in [0.15, 0.2) is 47.2 Å². The van der Waals surface area contributed by atoms with Crippen molar-refractivity contribution in [3.05, 3.63) is 58.3 Å². The number of benzene rings is 1. The van der Waals surface area contributed by atoms with Crippen LogP contribution in [0.1, 0.15) is 15.9 Å². The average Bonchev–Trinajstić information content (AvgIpc) is 2.49. The maximum atomic E-state index is 11.9. The molecule has 108 valence electrons. The summed E-state index contributed by atoms with van der Waals surface area (Å²) in [5.74, 6) is -0.418. The fourth-order valence-electron chi connectivity index (χ4n) is 1.60. The highest BCUT2D eigenvalue weighted by atomic mass is 79.9. The molecule has 0 spiro atoms. The normalized spacial score (nSPS) is 10.0. The van der Waals surface area contributed by atoms with Crippen LogP contribution in [0.25, 0.3) is 0 Å². The first-order chi connectivity index (χ1) is 10.1. The Labute approximate surface area is 130 Å². The third-order valence-corrected chi connectivity index (χ3v) is 3.08. The number of aromatic nitrogens is 1. The van der Waals surface area contributed by atoms with Crippen molar-refractivity contribution >= 4 is 27.9 Å². The third-order valence-electron chi connectivity index (χ3n) is 2.65. The van der Waals surface area contributed by atoms with Crippen LogP contribution < -0.4 is 4.74 Å². The number of hydrogen-bond acceptors (Lipinski definition) is 5. The number of hydrogen-bond donors (Lipinski definition) is 0. The molecular weight excluding hydrogens is 338 g/mol. The monoisotopic (exact) mass is 349 g/mol. The van der Waals surface area contributed by atoms with Crippen LogP contribution in [0, 0.1) is 0 Å². The van der Waals surface area contributed by atoms with Crippen molar-refractivity contribution in [3.63, 3.8) is 0 Å². The van der Waals surface area contributed by atoms with Gasteiger partial charge in [-0.15, -0.1) is 0 Å². The smallest absolute Gasteiger partial charge is 0.345 e. The summed E-state index contributed by atoms with van der Waals surface area (Å²) in [6, 6.07) is 8.29. The maximum Gasteiger partial charge on any atom is 0.345 e. The number of carbonyl (C=O) groups excluding carboxylic acids is 2. The van der Waals surface area contributed by atoms with E-state index in [9.17, 15) is 9.59 Å². The van der Waals surface area contributed by atoms with E-state index in [1.54, 1.807) is 36.5 Å². The molecule has 0 bridgehead atoms. The lowest BCUT2D eigenvalue weighted by atomic mass is 10.1. The first-order valence-corrected chi connectivity index (χ1v) is 6.86. The lowest BCUT2D eigenvalue weighted by Crippen LogP contribution is -2.09. The van der Waals surface area contributed by atoms with Crippen molar-refractivity contribution in [1.82, 2.24) is 4.98 Å². The van der Waals surface area contributed by atoms with Gasteiger partial charge in [0.2, 0.25) is 0 Å². The molecule has 0 amide bonds. The molecule has 1 aromatic carbocycles. The molecule has 5 nitrogen and oxygen atoms in total. The van der Waals surface area contributed by atoms with E-state index in [2.05, 4.69) is 25.7 Å². The van der Waals surface area contributed by atoms with Crippen LogP contribution in [-0.2, 0) is 16.0 Å². The first kappa shape index (κ1) is 15.2. The third kappa shape index (κ3) is 4.39. The molecule has 0 saturated heterocycles. The van der Waals surface area contributed by atoms with Crippen LogP contribution in [0.2, 0.25) is 0 Å². The summed E-state index contributed by atoms with van der Waals surface area (Å²) < 4.78 is 10.5. The van der Waals surface area contributed by atoms with Crippen LogP contribution in [0.5, 0.6) is 5.75 Å². The van der Waals surface area contributed by atoms with Gasteiger partial charge >= 0.3 is 11.9 Å². The Morgan fingerprint density at radius 1 is 1.19 bits per heavy atom. The van der Waals surface area contributed by atoms with Crippen molar-refractivity contribution in [2.24, 2.45) is 0 Å². The first-order valence-electron chi connectivity index (χ1n) is 6.07. The topological polar surface area (TPSA) is 65.5 Å². The molecule has 21 heavy (non-hydrogen) atoms. The van der Waals surface area contributed by atoms with Gasteiger partial charge in [-0.05, 0) is 39.7 Å². The van der Waals surface area contributed by atoms with Gasteiger partial charge in [-0.1, -0.05) is 12.1 Å². The average molecular weight is 350 g/mol. The Hall–Kier alpha value is -2.21. The van der Waals surface area contributed by atoms with E-state index in [4.69, 9.17) is 4.74 Å². The highest BCUT2D eigenvalue weighted by Gasteiger charge is 2.10. The molecule has 0 radical (unpaired) electrons. The summed E-state index contributed by atoms with van der Waals surface area (Å²) in [6.07, 6.45) is 3.19. The van der Waals surface area contributed by atoms with E-state index in [0.717, 1.165) is 5.56 Å². The lowest BCUT2D eigenvalue weighted by molar-refractivity contribution is -0.139. The Bertz CT molecular complexity index is 655. The molecular formula is C15H12BrNO4. The maximum absolute atomic E-state index is 11.9. The van der Waals surface area contributed by atoms with Gasteiger partial charge in [0.05, 0.1) is 19.1 Å². The zero-order valence-corrected chi connectivity index (χ0v) is 12.8. The van der Waals surface area contributed by atoms with Crippen molar-refractivity contribution in [1.29, 1.82) is 0 Å². The number of methoxy groups -OCH3 is 1. The fourth-order valence-corrected chi connectivity index (χ4v) is 1.97. The summed E-state index contributed by atoms with van der Waals surface area (Å²) >= 11 is 3.24. The van der Waals surface area contributed by atoms with Gasteiger partial charge < -0.3 is 9.47 Å². The molecule has 0 saturated carbocycles. The molecule has 6 heteroatoms. The molecule has 0 aliphatic carbocycles. The van der Waals surface area contributed by atoms with Crippen molar-refractivity contribution < 1.29 is 19.1 Å². The standard InChI is InChI=1S/C15H12BrNO4/c1-20-14(18)6-10-2-4-13(5-3-10)21-15(19)11-7-12(16)9-17-8-11/h2-5,7-9H,6H2,1H3. The second-order valence-electron chi connectivity index (χ2n) is 4.18. The van der Waals surface area contributed by atoms with E-state index in [1.165, 1.54) is 13.3 Å². The van der Waals surface area contributed by atoms with Gasteiger partial charge in [0.1, 0.15) is 5.75 Å². The largest absolute Gasteiger partial charge is 0.469 e. The molecule has 0 unspecified atom stereocenters. The highest BCUT2D eigenvalue weighted by molar-refractivity contribution is 9.10. The summed E-state index contributed by atoms with van der Waals surface area (Å²) in [6.45, 7) is 0. The second kappa shape index (κ2) is 6.99. The second-order valence-corrected chi connectivity index (χ2v) is 5.09. The Kier molecular flexibility index (Phi) is 5.05. The number of ether oxygens (including phenoxy) is 2. The van der Waals surface area contributed by atoms with Crippen molar-refractivity contribution in [2.45, 2.75) is 6.42 Å². The Balaban J connectivity index is 2.03. The van der Waals surface area contributed by atoms with Gasteiger partial charge in [-0.2, -0.15) is 0 Å². The van der Waals surface area contributed by atoms with Crippen LogP contribution in [0.3, 0.4) is 0 Å². The number of carbonyl (C=O) groups is 2. The summed E-state index contributed by atoms with van der Waals surface area (Å²) in [7, 11) is 1.34. The minimum atomic E-state index is -0.496. The van der Waals surface area contributed by atoms with Gasteiger partial charge in [0.15, 0.2) is 0 Å². The van der Waals surface area contributed by atoms with Crippen molar-refractivity contribution in [3.8, 4) is 5.75 Å². The van der Waals surface area contributed by atoms with Gasteiger partial charge in [-0.25, -0.2) is 4.79 Å². The van der Waals surface area contributed by atoms with Crippen LogP contribution in [-0.4, -0.2) is 24.0 Å². The molecule has 0 N–H and O–H groups in total. The summed E-state index contributed by atoms with van der Waals surface area (Å²) in [5.41, 5.74) is 1.13. The molecule has 0 aliphatic heterocycles. The van der Waals surface area contributed by atoms with Gasteiger partial charge in [0, 0.05) is 16.9 Å². The summed E-state index contributed by atoms with van der Waals surface area (Å²) in [5, 5.41) is 0.